The van der Waals surface area contributed by atoms with Gasteiger partial charge in [0, 0.05) is 10.7 Å². The Morgan fingerprint density at radius 3 is 2.47 bits per heavy atom. The number of hydrogen-bond acceptors (Lipinski definition) is 4. The molecule has 7 heteroatoms. The fraction of sp³-hybridized carbons (Fsp3) is 0.417. The standard InChI is InChI=1S/C12H16ClNO4S/c1-4-9-7-10(19(13,16)17)6-8(3)11(9)14-12(15)18-5-2/h6-7H,4-5H2,1-3H3,(H,14,15). The number of anilines is 1. The molecule has 0 atom stereocenters. The molecule has 1 amide bonds. The lowest BCUT2D eigenvalue weighted by molar-refractivity contribution is 0.168. The predicted octanol–water partition coefficient (Wildman–Crippen LogP) is 3.05. The summed E-state index contributed by atoms with van der Waals surface area (Å²) in [6.07, 6.45) is -0.00944. The first-order valence-corrected chi connectivity index (χ1v) is 8.12. The summed E-state index contributed by atoms with van der Waals surface area (Å²) in [6, 6.07) is 2.87. The lowest BCUT2D eigenvalue weighted by Crippen LogP contribution is -2.16. The quantitative estimate of drug-likeness (QED) is 0.868. The van der Waals surface area contributed by atoms with Crippen molar-refractivity contribution in [3.63, 3.8) is 0 Å². The molecule has 0 heterocycles. The van der Waals surface area contributed by atoms with Gasteiger partial charge in [-0.25, -0.2) is 13.2 Å². The average Bonchev–Trinajstić information content (AvgIpc) is 2.30. The highest BCUT2D eigenvalue weighted by atomic mass is 35.7. The summed E-state index contributed by atoms with van der Waals surface area (Å²) in [5, 5.41) is 2.61. The van der Waals surface area contributed by atoms with Crippen molar-refractivity contribution >= 4 is 31.5 Å². The predicted molar refractivity (Wildman–Crippen MR) is 74.2 cm³/mol. The molecule has 1 aromatic rings. The third-order valence-electron chi connectivity index (χ3n) is 2.56. The Morgan fingerprint density at radius 1 is 1.37 bits per heavy atom. The number of amides is 1. The van der Waals surface area contributed by atoms with Crippen LogP contribution in [-0.2, 0) is 20.2 Å². The van der Waals surface area contributed by atoms with E-state index in [1.54, 1.807) is 13.8 Å². The van der Waals surface area contributed by atoms with Gasteiger partial charge in [0.2, 0.25) is 0 Å². The Kier molecular flexibility index (Phi) is 5.20. The molecule has 0 spiro atoms. The number of benzene rings is 1. The highest BCUT2D eigenvalue weighted by Crippen LogP contribution is 2.27. The minimum Gasteiger partial charge on any atom is -0.450 e. The molecule has 0 radical (unpaired) electrons. The van der Waals surface area contributed by atoms with Crippen molar-refractivity contribution in [1.82, 2.24) is 0 Å². The first kappa shape index (κ1) is 15.8. The van der Waals surface area contributed by atoms with E-state index >= 15 is 0 Å². The fourth-order valence-electron chi connectivity index (χ4n) is 1.69. The lowest BCUT2D eigenvalue weighted by atomic mass is 10.1. The Balaban J connectivity index is 3.23. The van der Waals surface area contributed by atoms with E-state index < -0.39 is 15.1 Å². The number of carbonyl (C=O) groups is 1. The van der Waals surface area contributed by atoms with Crippen molar-refractivity contribution in [3.05, 3.63) is 23.3 Å². The van der Waals surface area contributed by atoms with Crippen molar-refractivity contribution in [3.8, 4) is 0 Å². The number of carbonyl (C=O) groups excluding carboxylic acids is 1. The minimum absolute atomic E-state index is 0.0259. The summed E-state index contributed by atoms with van der Waals surface area (Å²) in [7, 11) is 1.54. The second-order valence-corrected chi connectivity index (χ2v) is 6.48. The molecule has 0 bridgehead atoms. The van der Waals surface area contributed by atoms with E-state index in [-0.39, 0.29) is 11.5 Å². The van der Waals surface area contributed by atoms with Gasteiger partial charge in [0.1, 0.15) is 0 Å². The third kappa shape index (κ3) is 4.11. The van der Waals surface area contributed by atoms with Gasteiger partial charge in [-0.15, -0.1) is 0 Å². The molecule has 106 valence electrons. The molecule has 0 aliphatic carbocycles. The van der Waals surface area contributed by atoms with Crippen molar-refractivity contribution in [2.75, 3.05) is 11.9 Å². The fourth-order valence-corrected chi connectivity index (χ4v) is 2.56. The summed E-state index contributed by atoms with van der Waals surface area (Å²) in [5.41, 5.74) is 1.86. The lowest BCUT2D eigenvalue weighted by Gasteiger charge is -2.14. The zero-order chi connectivity index (χ0) is 14.6. The van der Waals surface area contributed by atoms with Crippen LogP contribution in [0, 0.1) is 6.92 Å². The van der Waals surface area contributed by atoms with Crippen molar-refractivity contribution in [2.45, 2.75) is 32.1 Å². The van der Waals surface area contributed by atoms with Gasteiger partial charge >= 0.3 is 6.09 Å². The van der Waals surface area contributed by atoms with E-state index in [0.29, 0.717) is 23.2 Å². The first-order chi connectivity index (χ1) is 8.79. The van der Waals surface area contributed by atoms with Gasteiger partial charge in [0.15, 0.2) is 0 Å². The molecular weight excluding hydrogens is 290 g/mol. The smallest absolute Gasteiger partial charge is 0.411 e. The van der Waals surface area contributed by atoms with Crippen LogP contribution in [0.4, 0.5) is 10.5 Å². The van der Waals surface area contributed by atoms with Crippen LogP contribution < -0.4 is 5.32 Å². The van der Waals surface area contributed by atoms with Crippen LogP contribution in [0.1, 0.15) is 25.0 Å². The maximum absolute atomic E-state index is 11.4. The van der Waals surface area contributed by atoms with Crippen molar-refractivity contribution in [1.29, 1.82) is 0 Å². The Labute approximate surface area is 117 Å². The molecule has 5 nitrogen and oxygen atoms in total. The zero-order valence-electron chi connectivity index (χ0n) is 11.0. The monoisotopic (exact) mass is 305 g/mol. The summed E-state index contributed by atoms with van der Waals surface area (Å²) < 4.78 is 27.5. The summed E-state index contributed by atoms with van der Waals surface area (Å²) in [6.45, 7) is 5.53. The van der Waals surface area contributed by atoms with Crippen LogP contribution >= 0.6 is 10.7 Å². The summed E-state index contributed by atoms with van der Waals surface area (Å²) in [4.78, 5) is 11.5. The van der Waals surface area contributed by atoms with E-state index in [4.69, 9.17) is 15.4 Å². The maximum Gasteiger partial charge on any atom is 0.411 e. The molecular formula is C12H16ClNO4S. The largest absolute Gasteiger partial charge is 0.450 e. The molecule has 0 saturated carbocycles. The Hall–Kier alpha value is -1.27. The zero-order valence-corrected chi connectivity index (χ0v) is 12.6. The van der Waals surface area contributed by atoms with Gasteiger partial charge < -0.3 is 4.74 Å². The highest BCUT2D eigenvalue weighted by molar-refractivity contribution is 8.13. The second-order valence-electron chi connectivity index (χ2n) is 3.91. The van der Waals surface area contributed by atoms with Gasteiger partial charge in [-0.3, -0.25) is 5.32 Å². The molecule has 0 saturated heterocycles. The SMILES string of the molecule is CCOC(=O)Nc1c(C)cc(S(=O)(=O)Cl)cc1CC. The topological polar surface area (TPSA) is 72.5 Å². The molecule has 0 aromatic heterocycles. The number of halogens is 1. The van der Waals surface area contributed by atoms with E-state index in [0.717, 1.165) is 0 Å². The van der Waals surface area contributed by atoms with Gasteiger partial charge in [-0.05, 0) is 43.5 Å². The van der Waals surface area contributed by atoms with Crippen LogP contribution in [-0.4, -0.2) is 21.1 Å². The first-order valence-electron chi connectivity index (χ1n) is 5.81. The number of rotatable bonds is 4. The van der Waals surface area contributed by atoms with Gasteiger partial charge in [-0.2, -0.15) is 0 Å². The Morgan fingerprint density at radius 2 is 2.00 bits per heavy atom. The molecule has 19 heavy (non-hydrogen) atoms. The number of ether oxygens (including phenoxy) is 1. The minimum atomic E-state index is -3.79. The molecule has 0 aliphatic rings. The van der Waals surface area contributed by atoms with Crippen LogP contribution in [0.3, 0.4) is 0 Å². The van der Waals surface area contributed by atoms with E-state index in [1.807, 2.05) is 6.92 Å². The number of nitrogens with one attached hydrogen (secondary N) is 1. The van der Waals surface area contributed by atoms with Gasteiger partial charge in [0.05, 0.1) is 17.2 Å². The van der Waals surface area contributed by atoms with Crippen LogP contribution in [0.15, 0.2) is 17.0 Å². The molecule has 0 fully saturated rings. The van der Waals surface area contributed by atoms with Gasteiger partial charge in [-0.1, -0.05) is 6.92 Å². The molecule has 0 unspecified atom stereocenters. The summed E-state index contributed by atoms with van der Waals surface area (Å²) >= 11 is 0. The number of aryl methyl sites for hydroxylation is 2. The van der Waals surface area contributed by atoms with Crippen LogP contribution in [0.5, 0.6) is 0 Å². The molecule has 1 N–H and O–H groups in total. The van der Waals surface area contributed by atoms with Crippen LogP contribution in [0.25, 0.3) is 0 Å². The molecule has 1 rings (SSSR count). The van der Waals surface area contributed by atoms with Crippen LogP contribution in [0.2, 0.25) is 0 Å². The summed E-state index contributed by atoms with van der Waals surface area (Å²) in [5.74, 6) is 0. The normalized spacial score (nSPS) is 11.2. The third-order valence-corrected chi connectivity index (χ3v) is 3.89. The van der Waals surface area contributed by atoms with Crippen molar-refractivity contribution in [2.24, 2.45) is 0 Å². The van der Waals surface area contributed by atoms with Gasteiger partial charge in [0.25, 0.3) is 9.05 Å². The van der Waals surface area contributed by atoms with E-state index in [1.165, 1.54) is 12.1 Å². The Bertz CT molecular complexity index is 584. The highest BCUT2D eigenvalue weighted by Gasteiger charge is 2.16. The maximum atomic E-state index is 11.4. The molecule has 1 aromatic carbocycles. The van der Waals surface area contributed by atoms with Crippen molar-refractivity contribution < 1.29 is 17.9 Å². The molecule has 0 aliphatic heterocycles. The van der Waals surface area contributed by atoms with E-state index in [9.17, 15) is 13.2 Å². The van der Waals surface area contributed by atoms with E-state index in [2.05, 4.69) is 5.32 Å². The second kappa shape index (κ2) is 6.25. The number of hydrogen-bond donors (Lipinski definition) is 1. The average molecular weight is 306 g/mol.